The lowest BCUT2D eigenvalue weighted by Crippen LogP contribution is -2.59. The Kier molecular flexibility index (Phi) is 2.81. The van der Waals surface area contributed by atoms with E-state index in [1.807, 2.05) is 32.0 Å². The smallest absolute Gasteiger partial charge is 0.250 e. The maximum atomic E-state index is 12.5. The van der Waals surface area contributed by atoms with Crippen LogP contribution >= 0.6 is 0 Å². The zero-order valence-corrected chi connectivity index (χ0v) is 11.3. The van der Waals surface area contributed by atoms with Gasteiger partial charge in [-0.25, -0.2) is 0 Å². The lowest BCUT2D eigenvalue weighted by molar-refractivity contribution is -0.131. The van der Waals surface area contributed by atoms with Crippen molar-refractivity contribution in [2.75, 3.05) is 11.4 Å². The van der Waals surface area contributed by atoms with Gasteiger partial charge in [-0.15, -0.1) is 0 Å². The standard InChI is InChI=1S/C15H18N2O2/c1-9-3-6-12(7-10(9)2)17-8-13(18)16-14(15(17)19)11-4-5-11/h3,6-7,11,14H,4-5,8H2,1-2H3,(H,16,18). The Morgan fingerprint density at radius 2 is 1.89 bits per heavy atom. The second kappa shape index (κ2) is 4.37. The van der Waals surface area contributed by atoms with Crippen molar-refractivity contribution < 1.29 is 9.59 Å². The topological polar surface area (TPSA) is 49.4 Å². The lowest BCUT2D eigenvalue weighted by Gasteiger charge is -2.33. The van der Waals surface area contributed by atoms with Gasteiger partial charge in [0.15, 0.2) is 0 Å². The van der Waals surface area contributed by atoms with Gasteiger partial charge in [0.25, 0.3) is 0 Å². The van der Waals surface area contributed by atoms with Gasteiger partial charge >= 0.3 is 0 Å². The summed E-state index contributed by atoms with van der Waals surface area (Å²) in [4.78, 5) is 25.9. The number of benzene rings is 1. The van der Waals surface area contributed by atoms with Crippen molar-refractivity contribution in [1.82, 2.24) is 5.32 Å². The van der Waals surface area contributed by atoms with Crippen molar-refractivity contribution in [2.24, 2.45) is 5.92 Å². The predicted molar refractivity (Wildman–Crippen MR) is 72.9 cm³/mol. The normalized spacial score (nSPS) is 23.5. The SMILES string of the molecule is Cc1ccc(N2CC(=O)NC(C3CC3)C2=O)cc1C. The Morgan fingerprint density at radius 1 is 1.16 bits per heavy atom. The molecule has 1 N–H and O–H groups in total. The average molecular weight is 258 g/mol. The summed E-state index contributed by atoms with van der Waals surface area (Å²) in [7, 11) is 0. The number of amides is 2. The van der Waals surface area contributed by atoms with E-state index in [1.54, 1.807) is 4.90 Å². The van der Waals surface area contributed by atoms with E-state index in [0.29, 0.717) is 5.92 Å². The highest BCUT2D eigenvalue weighted by Crippen LogP contribution is 2.35. The molecule has 19 heavy (non-hydrogen) atoms. The first-order valence-corrected chi connectivity index (χ1v) is 6.74. The molecular weight excluding hydrogens is 240 g/mol. The molecule has 4 heteroatoms. The van der Waals surface area contributed by atoms with Crippen molar-refractivity contribution in [3.05, 3.63) is 29.3 Å². The predicted octanol–water partition coefficient (Wildman–Crippen LogP) is 1.54. The first-order chi connectivity index (χ1) is 9.06. The Morgan fingerprint density at radius 3 is 2.53 bits per heavy atom. The van der Waals surface area contributed by atoms with Crippen LogP contribution in [0.5, 0.6) is 0 Å². The quantitative estimate of drug-likeness (QED) is 0.875. The number of rotatable bonds is 2. The second-order valence-electron chi connectivity index (χ2n) is 5.58. The molecule has 1 heterocycles. The first-order valence-electron chi connectivity index (χ1n) is 6.74. The molecule has 1 aromatic carbocycles. The molecule has 1 saturated carbocycles. The van der Waals surface area contributed by atoms with Gasteiger partial charge in [0.05, 0.1) is 0 Å². The maximum Gasteiger partial charge on any atom is 0.250 e. The molecule has 4 nitrogen and oxygen atoms in total. The molecule has 0 radical (unpaired) electrons. The van der Waals surface area contributed by atoms with Gasteiger partial charge in [0, 0.05) is 5.69 Å². The minimum Gasteiger partial charge on any atom is -0.342 e. The van der Waals surface area contributed by atoms with E-state index in [1.165, 1.54) is 5.56 Å². The fraction of sp³-hybridized carbons (Fsp3) is 0.467. The Balaban J connectivity index is 1.91. The summed E-state index contributed by atoms with van der Waals surface area (Å²) in [6.45, 7) is 4.19. The van der Waals surface area contributed by atoms with Gasteiger partial charge in [0.2, 0.25) is 11.8 Å². The Labute approximate surface area is 112 Å². The molecule has 2 fully saturated rings. The fourth-order valence-corrected chi connectivity index (χ4v) is 2.53. The van der Waals surface area contributed by atoms with Crippen LogP contribution in [-0.4, -0.2) is 24.4 Å². The van der Waals surface area contributed by atoms with E-state index in [2.05, 4.69) is 5.32 Å². The van der Waals surface area contributed by atoms with Crippen LogP contribution in [0.2, 0.25) is 0 Å². The number of aryl methyl sites for hydroxylation is 2. The molecule has 0 aromatic heterocycles. The summed E-state index contributed by atoms with van der Waals surface area (Å²) in [5.74, 6) is 0.311. The number of anilines is 1. The molecule has 0 spiro atoms. The van der Waals surface area contributed by atoms with Crippen LogP contribution in [0.4, 0.5) is 5.69 Å². The summed E-state index contributed by atoms with van der Waals surface area (Å²) in [5.41, 5.74) is 3.16. The molecule has 0 bridgehead atoms. The number of carbonyl (C=O) groups is 2. The zero-order valence-electron chi connectivity index (χ0n) is 11.3. The molecule has 1 aliphatic carbocycles. The highest BCUT2D eigenvalue weighted by molar-refractivity contribution is 6.06. The van der Waals surface area contributed by atoms with Crippen molar-refractivity contribution in [3.63, 3.8) is 0 Å². The van der Waals surface area contributed by atoms with Crippen LogP contribution in [-0.2, 0) is 9.59 Å². The van der Waals surface area contributed by atoms with E-state index in [9.17, 15) is 9.59 Å². The van der Waals surface area contributed by atoms with E-state index in [-0.39, 0.29) is 24.4 Å². The Hall–Kier alpha value is -1.84. The lowest BCUT2D eigenvalue weighted by atomic mass is 10.1. The average Bonchev–Trinajstić information content (AvgIpc) is 3.19. The van der Waals surface area contributed by atoms with Crippen molar-refractivity contribution in [2.45, 2.75) is 32.7 Å². The number of hydrogen-bond acceptors (Lipinski definition) is 2. The summed E-state index contributed by atoms with van der Waals surface area (Å²) in [6.07, 6.45) is 2.08. The van der Waals surface area contributed by atoms with E-state index in [0.717, 1.165) is 24.1 Å². The third kappa shape index (κ3) is 2.23. The number of carbonyl (C=O) groups excluding carboxylic acids is 2. The van der Waals surface area contributed by atoms with Crippen LogP contribution in [0.3, 0.4) is 0 Å². The van der Waals surface area contributed by atoms with Gasteiger partial charge in [-0.3, -0.25) is 9.59 Å². The van der Waals surface area contributed by atoms with E-state index in [4.69, 9.17) is 0 Å². The second-order valence-corrected chi connectivity index (χ2v) is 5.58. The summed E-state index contributed by atoms with van der Waals surface area (Å²) < 4.78 is 0. The summed E-state index contributed by atoms with van der Waals surface area (Å²) in [6, 6.07) is 5.58. The molecule has 1 atom stereocenters. The minimum atomic E-state index is -0.317. The van der Waals surface area contributed by atoms with Gasteiger partial charge in [-0.1, -0.05) is 6.07 Å². The first kappa shape index (κ1) is 12.2. The molecule has 1 unspecified atom stereocenters. The molecule has 1 aliphatic heterocycles. The largest absolute Gasteiger partial charge is 0.342 e. The van der Waals surface area contributed by atoms with E-state index >= 15 is 0 Å². The molecular formula is C15H18N2O2. The maximum absolute atomic E-state index is 12.5. The van der Waals surface area contributed by atoms with Crippen LogP contribution in [0.25, 0.3) is 0 Å². The molecule has 2 aliphatic rings. The highest BCUT2D eigenvalue weighted by Gasteiger charge is 2.43. The molecule has 3 rings (SSSR count). The van der Waals surface area contributed by atoms with Crippen LogP contribution in [0.1, 0.15) is 24.0 Å². The summed E-state index contributed by atoms with van der Waals surface area (Å²) >= 11 is 0. The molecule has 2 amide bonds. The number of piperazine rings is 1. The van der Waals surface area contributed by atoms with Crippen LogP contribution in [0.15, 0.2) is 18.2 Å². The van der Waals surface area contributed by atoms with Gasteiger partial charge in [-0.05, 0) is 55.9 Å². The van der Waals surface area contributed by atoms with Crippen LogP contribution < -0.4 is 10.2 Å². The van der Waals surface area contributed by atoms with Crippen molar-refractivity contribution in [3.8, 4) is 0 Å². The van der Waals surface area contributed by atoms with Gasteiger partial charge in [0.1, 0.15) is 12.6 Å². The number of nitrogens with zero attached hydrogens (tertiary/aromatic N) is 1. The third-order valence-corrected chi connectivity index (χ3v) is 4.05. The van der Waals surface area contributed by atoms with Gasteiger partial charge in [-0.2, -0.15) is 0 Å². The van der Waals surface area contributed by atoms with Crippen molar-refractivity contribution >= 4 is 17.5 Å². The third-order valence-electron chi connectivity index (χ3n) is 4.05. The molecule has 1 aromatic rings. The monoisotopic (exact) mass is 258 g/mol. The summed E-state index contributed by atoms with van der Waals surface area (Å²) in [5, 5.41) is 2.82. The molecule has 1 saturated heterocycles. The van der Waals surface area contributed by atoms with Crippen LogP contribution in [0, 0.1) is 19.8 Å². The highest BCUT2D eigenvalue weighted by atomic mass is 16.2. The molecule has 100 valence electrons. The van der Waals surface area contributed by atoms with Gasteiger partial charge < -0.3 is 10.2 Å². The van der Waals surface area contributed by atoms with E-state index < -0.39 is 0 Å². The fourth-order valence-electron chi connectivity index (χ4n) is 2.53. The Bertz CT molecular complexity index is 549. The van der Waals surface area contributed by atoms with Crippen molar-refractivity contribution in [1.29, 1.82) is 0 Å². The minimum absolute atomic E-state index is 0.0327. The number of nitrogens with one attached hydrogen (secondary N) is 1. The number of hydrogen-bond donors (Lipinski definition) is 1. The zero-order chi connectivity index (χ0) is 13.6.